The maximum atomic E-state index is 15.4. The van der Waals surface area contributed by atoms with Crippen molar-refractivity contribution < 1.29 is 92.3 Å². The third-order valence-electron chi connectivity index (χ3n) is 19.3. The van der Waals surface area contributed by atoms with E-state index >= 15 is 26.3 Å². The topological polar surface area (TPSA) is 233 Å². The number of hydrogen-bond acceptors (Lipinski definition) is 18. The third-order valence-corrected chi connectivity index (χ3v) is 20.8. The number of alkyl halides is 7. The van der Waals surface area contributed by atoms with Crippen molar-refractivity contribution in [3.05, 3.63) is 175 Å². The Balaban J connectivity index is 0.000000143. The number of carbonyl (C=O) groups is 3. The molecule has 0 aliphatic carbocycles. The molecule has 0 spiro atoms. The van der Waals surface area contributed by atoms with Crippen molar-refractivity contribution in [3.8, 4) is 34.5 Å². The second-order valence-corrected chi connectivity index (χ2v) is 29.0. The van der Waals surface area contributed by atoms with Crippen LogP contribution in [0.5, 0.6) is 34.5 Å². The number of halogens is 11. The number of furan rings is 3. The molecule has 3 amide bonds. The molecule has 3 fully saturated rings. The molecule has 0 radical (unpaired) electrons. The Kier molecular flexibility index (Phi) is 24.6. The Bertz CT molecular complexity index is 4500. The minimum atomic E-state index is -3.96. The average molecular weight is 1600 g/mol. The molecule has 6 atom stereocenters. The van der Waals surface area contributed by atoms with E-state index in [0.717, 1.165) is 96.0 Å². The van der Waals surface area contributed by atoms with E-state index in [1.54, 1.807) is 48.5 Å². The number of nitrogens with zero attached hydrogens (tertiary/aromatic N) is 3. The van der Waals surface area contributed by atoms with Gasteiger partial charge in [-0.1, -0.05) is 58.5 Å². The van der Waals surface area contributed by atoms with E-state index in [0.29, 0.717) is 140 Å². The Morgan fingerprint density at radius 2 is 0.806 bits per heavy atom. The minimum absolute atomic E-state index is 0.196. The van der Waals surface area contributed by atoms with Gasteiger partial charge in [0, 0.05) is 50.9 Å². The quantitative estimate of drug-likeness (QED) is 0.0227. The molecule has 3 saturated heterocycles. The van der Waals surface area contributed by atoms with E-state index in [9.17, 15) is 19.5 Å². The highest BCUT2D eigenvalue weighted by Crippen LogP contribution is 2.44. The predicted octanol–water partition coefficient (Wildman–Crippen LogP) is 14.8. The number of hydroxylamine groups is 1. The lowest BCUT2D eigenvalue weighted by Gasteiger charge is -2.33. The van der Waals surface area contributed by atoms with Crippen LogP contribution in [0.25, 0.3) is 32.9 Å². The molecular formula is C76H76Cl5F6N7O14. The molecule has 6 aliphatic rings. The highest BCUT2D eigenvalue weighted by atomic mass is 35.5. The molecule has 3 aromatic heterocycles. The highest BCUT2D eigenvalue weighted by Gasteiger charge is 2.49. The first kappa shape index (κ1) is 78.1. The predicted molar refractivity (Wildman–Crippen MR) is 392 cm³/mol. The summed E-state index contributed by atoms with van der Waals surface area (Å²) < 4.78 is 141. The average Bonchev–Trinajstić information content (AvgIpc) is 1.61. The number of aliphatic hydroxyl groups is 1. The van der Waals surface area contributed by atoms with Crippen LogP contribution < -0.4 is 49.9 Å². The number of ether oxygens (including phenoxy) is 6. The van der Waals surface area contributed by atoms with Crippen LogP contribution in [0.2, 0.25) is 20.1 Å². The zero-order chi connectivity index (χ0) is 76.0. The van der Waals surface area contributed by atoms with Gasteiger partial charge in [0.2, 0.25) is 0 Å². The summed E-state index contributed by atoms with van der Waals surface area (Å²) in [6.45, 7) is 7.94. The molecule has 21 nitrogen and oxygen atoms in total. The molecule has 6 aliphatic heterocycles. The van der Waals surface area contributed by atoms with Gasteiger partial charge in [-0.2, -0.15) is 31.8 Å². The largest absolute Gasteiger partial charge is 0.486 e. The molecule has 6 aromatic carbocycles. The number of aliphatic hydroxyl groups excluding tert-OH is 1. The SMILES string of the molecule is CON[C@H](c1cc(Cl)c2c(c1)OCCO2)[C@@H](CN1CCCC1)NC(=O)C(F)(F)c1cc2cc(Cl)ccc2o1.O=C(N[C@H](CN1CCCC1)[C@@H](Cl)c1ccc2c(c1)OCCO2)C(F)(F)c1cc2cc(Cl)ccc2o1.O=C(N[C@H](CN1CCCC1)[C@@H](O)c1ccc2c(c1)OCCO2)C(F)(F)c1cc2cc(Cl)ccc2o1. The van der Waals surface area contributed by atoms with Gasteiger partial charge in [-0.3, -0.25) is 14.4 Å². The van der Waals surface area contributed by atoms with Gasteiger partial charge in [0.15, 0.2) is 51.8 Å². The number of carbonyl (C=O) groups excluding carboxylic acids is 3. The Morgan fingerprint density at radius 1 is 0.444 bits per heavy atom. The second-order valence-electron chi connectivity index (χ2n) is 26.8. The van der Waals surface area contributed by atoms with Crippen LogP contribution >= 0.6 is 58.0 Å². The van der Waals surface area contributed by atoms with Crippen LogP contribution in [0.1, 0.15) is 90.0 Å². The van der Waals surface area contributed by atoms with E-state index < -0.39 is 88.4 Å². The van der Waals surface area contributed by atoms with E-state index in [1.165, 1.54) is 61.7 Å². The van der Waals surface area contributed by atoms with Gasteiger partial charge in [-0.15, -0.1) is 11.6 Å². The molecule has 0 saturated carbocycles. The summed E-state index contributed by atoms with van der Waals surface area (Å²) in [7, 11) is 1.41. The molecule has 108 heavy (non-hydrogen) atoms. The first-order chi connectivity index (χ1) is 51.9. The smallest absolute Gasteiger partial charge is 0.380 e. The van der Waals surface area contributed by atoms with E-state index in [-0.39, 0.29) is 23.3 Å². The first-order valence-corrected chi connectivity index (χ1v) is 37.1. The van der Waals surface area contributed by atoms with Gasteiger partial charge in [-0.25, -0.2) is 0 Å². The molecule has 9 aromatic rings. The fraction of sp³-hybridized carbons (Fsp3) is 0.408. The number of amides is 3. The summed E-state index contributed by atoms with van der Waals surface area (Å²) in [5.74, 6) is -15.7. The zero-order valence-corrected chi connectivity index (χ0v) is 61.9. The van der Waals surface area contributed by atoms with Crippen LogP contribution in [0.3, 0.4) is 0 Å². The third kappa shape index (κ3) is 18.0. The summed E-state index contributed by atoms with van der Waals surface area (Å²) in [6.07, 6.45) is 4.68. The van der Waals surface area contributed by atoms with Crippen molar-refractivity contribution >= 4 is 109 Å². The lowest BCUT2D eigenvalue weighted by molar-refractivity contribution is -0.151. The van der Waals surface area contributed by atoms with Gasteiger partial charge in [0.1, 0.15) is 62.5 Å². The maximum absolute atomic E-state index is 15.4. The summed E-state index contributed by atoms with van der Waals surface area (Å²) in [6, 6.07) is 27.0. The van der Waals surface area contributed by atoms with Crippen LogP contribution in [0.15, 0.2) is 135 Å². The van der Waals surface area contributed by atoms with Crippen LogP contribution in [0.4, 0.5) is 26.3 Å². The lowest BCUT2D eigenvalue weighted by atomic mass is 9.98. The molecule has 5 N–H and O–H groups in total. The molecule has 0 bridgehead atoms. The fourth-order valence-corrected chi connectivity index (χ4v) is 14.9. The van der Waals surface area contributed by atoms with E-state index in [4.69, 9.17) is 105 Å². The molecule has 32 heteroatoms. The first-order valence-electron chi connectivity index (χ1n) is 35.2. The summed E-state index contributed by atoms with van der Waals surface area (Å²) in [5, 5.41) is 20.3. The van der Waals surface area contributed by atoms with Crippen molar-refractivity contribution in [1.29, 1.82) is 0 Å². The summed E-state index contributed by atoms with van der Waals surface area (Å²) in [5.41, 5.74) is 5.12. The van der Waals surface area contributed by atoms with Gasteiger partial charge in [0.05, 0.1) is 41.7 Å². The summed E-state index contributed by atoms with van der Waals surface area (Å²) in [4.78, 5) is 50.4. The Morgan fingerprint density at radius 3 is 1.25 bits per heavy atom. The van der Waals surface area contributed by atoms with Gasteiger partial charge < -0.3 is 82.3 Å². The van der Waals surface area contributed by atoms with Gasteiger partial charge in [-0.05, 0) is 204 Å². The lowest BCUT2D eigenvalue weighted by Crippen LogP contribution is -2.53. The molecule has 0 unspecified atom stereocenters. The molecular weight excluding hydrogens is 1530 g/mol. The van der Waals surface area contributed by atoms with Gasteiger partial charge >= 0.3 is 17.8 Å². The normalized spacial score (nSPS) is 17.8. The fourth-order valence-electron chi connectivity index (χ4n) is 13.8. The van der Waals surface area contributed by atoms with Crippen LogP contribution in [-0.4, -0.2) is 161 Å². The molecule has 576 valence electrons. The highest BCUT2D eigenvalue weighted by molar-refractivity contribution is 6.33. The Labute approximate surface area is 641 Å². The van der Waals surface area contributed by atoms with Crippen molar-refractivity contribution in [2.75, 3.05) is 106 Å². The van der Waals surface area contributed by atoms with Gasteiger partial charge in [0.25, 0.3) is 17.7 Å². The van der Waals surface area contributed by atoms with Crippen LogP contribution in [0, 0.1) is 0 Å². The van der Waals surface area contributed by atoms with Crippen molar-refractivity contribution in [1.82, 2.24) is 36.1 Å². The standard InChI is InChI=1S/C26H27Cl2F2N3O5.C25H24Cl2F2N2O4.C25H25ClF2N2O5/c1-35-32-23(16-11-18(28)24-21(12-16)36-8-9-37-24)19(14-33-6-2-3-7-33)31-25(34)26(29,30)22-13-15-10-17(27)4-5-20(15)38-22;26-17-4-6-19-16(11-17)13-22(35-19)25(28,29)24(32)30-18(14-31-7-1-2-8-31)23(27)15-3-5-20-21(12-15)34-10-9-33-20;26-17-4-6-19-16(11-17)13-22(35-19)25(27,28)24(32)29-18(14-30-7-1-2-8-30)23(31)15-3-5-20-21(12-15)34-10-9-33-20/h4-5,10-13,19,23,32H,2-3,6-9,14H2,1H3,(H,31,34);3-6,11-13,18,23H,1-2,7-10,14H2,(H,30,32);3-6,11-13,18,23,31H,1-2,7-10,14H2,(H,29,32)/t19-,23-;2*18-,23+/m111/s1. The monoisotopic (exact) mass is 1600 g/mol. The number of fused-ring (bicyclic) bond motifs is 6. The van der Waals surface area contributed by atoms with E-state index in [1.807, 2.05) is 4.90 Å². The minimum Gasteiger partial charge on any atom is -0.486 e. The summed E-state index contributed by atoms with van der Waals surface area (Å²) >= 11 is 31.1. The number of hydrogen-bond donors (Lipinski definition) is 5. The zero-order valence-electron chi connectivity index (χ0n) is 58.1. The number of rotatable bonds is 23. The molecule has 15 rings (SSSR count). The Hall–Kier alpha value is -8.06. The number of likely N-dealkylation sites (tertiary alicyclic amines) is 3. The number of benzene rings is 6. The molecule has 9 heterocycles. The van der Waals surface area contributed by atoms with Crippen molar-refractivity contribution in [3.63, 3.8) is 0 Å². The second kappa shape index (κ2) is 34.1. The van der Waals surface area contributed by atoms with Crippen LogP contribution in [-0.2, 0) is 37.0 Å². The van der Waals surface area contributed by atoms with E-state index in [2.05, 4.69) is 31.2 Å². The number of nitrogens with one attached hydrogen (secondary N) is 4. The van der Waals surface area contributed by atoms with Crippen molar-refractivity contribution in [2.45, 2.75) is 91.9 Å². The van der Waals surface area contributed by atoms with Crippen molar-refractivity contribution in [2.24, 2.45) is 0 Å². The maximum Gasteiger partial charge on any atom is 0.380 e.